The molecule has 1 heterocycles. The first-order valence-corrected chi connectivity index (χ1v) is 6.59. The van der Waals surface area contributed by atoms with Gasteiger partial charge in [-0.25, -0.2) is 0 Å². The van der Waals surface area contributed by atoms with Crippen molar-refractivity contribution in [1.29, 1.82) is 0 Å². The summed E-state index contributed by atoms with van der Waals surface area (Å²) in [5.74, 6) is 0.919. The fourth-order valence-corrected chi connectivity index (χ4v) is 1.54. The number of ether oxygens (including phenoxy) is 1. The molecule has 0 radical (unpaired) electrons. The van der Waals surface area contributed by atoms with Gasteiger partial charge >= 0.3 is 0 Å². The molecule has 17 heavy (non-hydrogen) atoms. The van der Waals surface area contributed by atoms with E-state index in [4.69, 9.17) is 9.15 Å². The molecule has 0 aromatic carbocycles. The third-order valence-electron chi connectivity index (χ3n) is 2.56. The number of furan rings is 1. The molecule has 1 rings (SSSR count). The van der Waals surface area contributed by atoms with Crippen molar-refractivity contribution in [2.24, 2.45) is 0 Å². The molecule has 0 aliphatic heterocycles. The Balaban J connectivity index is 2.17. The summed E-state index contributed by atoms with van der Waals surface area (Å²) in [7, 11) is 0. The van der Waals surface area contributed by atoms with Crippen LogP contribution in [0, 0.1) is 0 Å². The molecular formula is C14H25NO2. The highest BCUT2D eigenvalue weighted by Gasteiger charge is 2.02. The largest absolute Gasteiger partial charge is 0.467 e. The van der Waals surface area contributed by atoms with E-state index in [2.05, 4.69) is 32.2 Å². The second-order valence-electron chi connectivity index (χ2n) is 4.72. The topological polar surface area (TPSA) is 34.4 Å². The van der Waals surface area contributed by atoms with Gasteiger partial charge in [0.25, 0.3) is 0 Å². The Bertz CT molecular complexity index is 294. The Morgan fingerprint density at radius 3 is 2.88 bits per heavy atom. The van der Waals surface area contributed by atoms with E-state index in [1.165, 1.54) is 18.4 Å². The van der Waals surface area contributed by atoms with Crippen molar-refractivity contribution in [1.82, 2.24) is 5.32 Å². The maximum Gasteiger partial charge on any atom is 0.129 e. The minimum absolute atomic E-state index is 0.499. The predicted molar refractivity (Wildman–Crippen MR) is 69.9 cm³/mol. The van der Waals surface area contributed by atoms with Gasteiger partial charge in [0, 0.05) is 24.8 Å². The number of rotatable bonds is 9. The minimum Gasteiger partial charge on any atom is -0.467 e. The number of hydrogen-bond acceptors (Lipinski definition) is 3. The van der Waals surface area contributed by atoms with E-state index in [-0.39, 0.29) is 0 Å². The van der Waals surface area contributed by atoms with Crippen LogP contribution in [-0.2, 0) is 17.9 Å². The van der Waals surface area contributed by atoms with Crippen molar-refractivity contribution in [3.63, 3.8) is 0 Å². The lowest BCUT2D eigenvalue weighted by Crippen LogP contribution is -2.21. The molecule has 98 valence electrons. The molecule has 0 saturated carbocycles. The number of hydrogen-bond donors (Lipinski definition) is 1. The van der Waals surface area contributed by atoms with Gasteiger partial charge in [0.2, 0.25) is 0 Å². The van der Waals surface area contributed by atoms with Crippen molar-refractivity contribution in [3.05, 3.63) is 23.7 Å². The molecule has 0 spiro atoms. The zero-order chi connectivity index (χ0) is 12.5. The van der Waals surface area contributed by atoms with Crippen LogP contribution in [0.25, 0.3) is 0 Å². The highest BCUT2D eigenvalue weighted by atomic mass is 16.5. The van der Waals surface area contributed by atoms with Crippen LogP contribution in [0.2, 0.25) is 0 Å². The third-order valence-corrected chi connectivity index (χ3v) is 2.56. The molecule has 3 nitrogen and oxygen atoms in total. The standard InChI is InChI=1S/C14H25NO2/c1-4-5-6-7-16-11-14-8-13(10-17-14)9-15-12(2)3/h8,10,12,15H,4-7,9,11H2,1-3H3. The monoisotopic (exact) mass is 239 g/mol. The average Bonchev–Trinajstić information content (AvgIpc) is 2.74. The van der Waals surface area contributed by atoms with E-state index in [0.29, 0.717) is 12.6 Å². The van der Waals surface area contributed by atoms with E-state index in [1.54, 1.807) is 6.26 Å². The smallest absolute Gasteiger partial charge is 0.129 e. The molecule has 0 atom stereocenters. The predicted octanol–water partition coefficient (Wildman–Crippen LogP) is 3.48. The summed E-state index contributed by atoms with van der Waals surface area (Å²) in [6, 6.07) is 2.56. The fourth-order valence-electron chi connectivity index (χ4n) is 1.54. The van der Waals surface area contributed by atoms with Crippen LogP contribution in [0.1, 0.15) is 51.4 Å². The van der Waals surface area contributed by atoms with Crippen molar-refractivity contribution in [3.8, 4) is 0 Å². The lowest BCUT2D eigenvalue weighted by molar-refractivity contribution is 0.103. The Morgan fingerprint density at radius 2 is 2.18 bits per heavy atom. The lowest BCUT2D eigenvalue weighted by atomic mass is 10.3. The normalized spacial score (nSPS) is 11.3. The molecule has 0 saturated heterocycles. The molecule has 1 aromatic heterocycles. The first-order chi connectivity index (χ1) is 8.22. The molecule has 0 amide bonds. The van der Waals surface area contributed by atoms with Crippen molar-refractivity contribution >= 4 is 0 Å². The van der Waals surface area contributed by atoms with E-state index >= 15 is 0 Å². The summed E-state index contributed by atoms with van der Waals surface area (Å²) in [5, 5.41) is 3.36. The van der Waals surface area contributed by atoms with Gasteiger partial charge in [-0.3, -0.25) is 0 Å². The van der Waals surface area contributed by atoms with Crippen molar-refractivity contribution in [2.75, 3.05) is 6.61 Å². The minimum atomic E-state index is 0.499. The molecule has 3 heteroatoms. The highest BCUT2D eigenvalue weighted by molar-refractivity contribution is 5.12. The van der Waals surface area contributed by atoms with Gasteiger partial charge in [0.1, 0.15) is 12.4 Å². The molecule has 0 bridgehead atoms. The number of unbranched alkanes of at least 4 members (excludes halogenated alkanes) is 2. The molecular weight excluding hydrogens is 214 g/mol. The Hall–Kier alpha value is -0.800. The van der Waals surface area contributed by atoms with Crippen molar-refractivity contribution < 1.29 is 9.15 Å². The second-order valence-corrected chi connectivity index (χ2v) is 4.72. The summed E-state index contributed by atoms with van der Waals surface area (Å²) in [4.78, 5) is 0. The van der Waals surface area contributed by atoms with Crippen LogP contribution >= 0.6 is 0 Å². The third kappa shape index (κ3) is 6.49. The average molecular weight is 239 g/mol. The van der Waals surface area contributed by atoms with E-state index in [0.717, 1.165) is 25.3 Å². The Kier molecular flexibility index (Phi) is 6.97. The summed E-state index contributed by atoms with van der Waals surface area (Å²) in [5.41, 5.74) is 1.19. The molecule has 0 aliphatic carbocycles. The van der Waals surface area contributed by atoms with Crippen LogP contribution in [0.5, 0.6) is 0 Å². The molecule has 1 N–H and O–H groups in total. The lowest BCUT2D eigenvalue weighted by Gasteiger charge is -2.04. The Morgan fingerprint density at radius 1 is 1.35 bits per heavy atom. The van der Waals surface area contributed by atoms with Gasteiger partial charge in [-0.05, 0) is 12.5 Å². The van der Waals surface area contributed by atoms with Gasteiger partial charge in [0.05, 0.1) is 6.26 Å². The van der Waals surface area contributed by atoms with Crippen molar-refractivity contribution in [2.45, 2.75) is 59.2 Å². The Labute approximate surface area is 105 Å². The molecule has 0 fully saturated rings. The van der Waals surface area contributed by atoms with E-state index in [1.807, 2.05) is 0 Å². The van der Waals surface area contributed by atoms with Crippen LogP contribution in [0.3, 0.4) is 0 Å². The maximum absolute atomic E-state index is 5.55. The van der Waals surface area contributed by atoms with Crippen LogP contribution in [-0.4, -0.2) is 12.6 Å². The zero-order valence-corrected chi connectivity index (χ0v) is 11.3. The van der Waals surface area contributed by atoms with Gasteiger partial charge in [-0.1, -0.05) is 33.6 Å². The molecule has 0 unspecified atom stereocenters. The molecule has 0 aliphatic rings. The van der Waals surface area contributed by atoms with Gasteiger partial charge < -0.3 is 14.5 Å². The van der Waals surface area contributed by atoms with Crippen LogP contribution in [0.4, 0.5) is 0 Å². The zero-order valence-electron chi connectivity index (χ0n) is 11.3. The SMILES string of the molecule is CCCCCOCc1cc(CNC(C)C)co1. The van der Waals surface area contributed by atoms with Crippen LogP contribution < -0.4 is 5.32 Å². The number of nitrogens with one attached hydrogen (secondary N) is 1. The first-order valence-electron chi connectivity index (χ1n) is 6.59. The van der Waals surface area contributed by atoms with Gasteiger partial charge in [-0.15, -0.1) is 0 Å². The maximum atomic E-state index is 5.55. The van der Waals surface area contributed by atoms with Crippen LogP contribution in [0.15, 0.2) is 16.7 Å². The summed E-state index contributed by atoms with van der Waals surface area (Å²) >= 11 is 0. The summed E-state index contributed by atoms with van der Waals surface area (Å²) in [6.07, 6.45) is 5.41. The first kappa shape index (κ1) is 14.3. The van der Waals surface area contributed by atoms with E-state index in [9.17, 15) is 0 Å². The quantitative estimate of drug-likeness (QED) is 0.670. The summed E-state index contributed by atoms with van der Waals surface area (Å²) < 4.78 is 11.0. The highest BCUT2D eigenvalue weighted by Crippen LogP contribution is 2.09. The van der Waals surface area contributed by atoms with E-state index < -0.39 is 0 Å². The fraction of sp³-hybridized carbons (Fsp3) is 0.714. The van der Waals surface area contributed by atoms with Gasteiger partial charge in [-0.2, -0.15) is 0 Å². The molecule has 1 aromatic rings. The summed E-state index contributed by atoms with van der Waals surface area (Å²) in [6.45, 7) is 8.74. The van der Waals surface area contributed by atoms with Gasteiger partial charge in [0.15, 0.2) is 0 Å². The second kappa shape index (κ2) is 8.31.